The number of benzene rings is 1. The minimum absolute atomic E-state index is 0.0225. The Morgan fingerprint density at radius 3 is 3.00 bits per heavy atom. The highest BCUT2D eigenvalue weighted by Gasteiger charge is 2.45. The summed E-state index contributed by atoms with van der Waals surface area (Å²) in [5, 5.41) is 12.5. The molecule has 1 aliphatic rings. The highest BCUT2D eigenvalue weighted by atomic mass is 16.5. The molecular weight excluding hydrogens is 258 g/mol. The van der Waals surface area contributed by atoms with Crippen molar-refractivity contribution in [2.45, 2.75) is 12.3 Å². The third kappa shape index (κ3) is 2.34. The van der Waals surface area contributed by atoms with E-state index in [4.69, 9.17) is 9.15 Å². The van der Waals surface area contributed by atoms with Gasteiger partial charge < -0.3 is 19.6 Å². The monoisotopic (exact) mass is 273 g/mol. The van der Waals surface area contributed by atoms with Crippen molar-refractivity contribution in [3.05, 3.63) is 42.4 Å². The van der Waals surface area contributed by atoms with Crippen LogP contribution in [0.25, 0.3) is 0 Å². The normalized spacial score (nSPS) is 20.4. The Hall–Kier alpha value is -2.43. The van der Waals surface area contributed by atoms with Crippen molar-refractivity contribution in [3.63, 3.8) is 0 Å². The van der Waals surface area contributed by atoms with E-state index in [1.807, 2.05) is 12.1 Å². The number of hydrogen-bond donors (Lipinski definition) is 2. The second-order valence-corrected chi connectivity index (χ2v) is 4.84. The number of phenols is 1. The molecular formula is C15H15NO4. The predicted molar refractivity (Wildman–Crippen MR) is 72.8 cm³/mol. The number of carbonyl (C=O) groups excluding carboxylic acids is 1. The molecule has 0 bridgehead atoms. The molecule has 1 aromatic heterocycles. The topological polar surface area (TPSA) is 71.7 Å². The minimum atomic E-state index is -0.116. The summed E-state index contributed by atoms with van der Waals surface area (Å²) in [7, 11) is 1.53. The highest BCUT2D eigenvalue weighted by molar-refractivity contribution is 5.96. The molecule has 0 saturated heterocycles. The number of carbonyl (C=O) groups is 1. The van der Waals surface area contributed by atoms with E-state index in [0.717, 1.165) is 12.2 Å². The van der Waals surface area contributed by atoms with Gasteiger partial charge in [-0.3, -0.25) is 4.79 Å². The summed E-state index contributed by atoms with van der Waals surface area (Å²) in [5.74, 6) is 1.35. The van der Waals surface area contributed by atoms with Crippen molar-refractivity contribution in [2.24, 2.45) is 5.92 Å². The Balaban J connectivity index is 1.68. The van der Waals surface area contributed by atoms with Gasteiger partial charge in [0.05, 0.1) is 19.1 Å². The molecule has 0 aliphatic heterocycles. The van der Waals surface area contributed by atoms with E-state index in [1.165, 1.54) is 13.2 Å². The number of amides is 1. The second-order valence-electron chi connectivity index (χ2n) is 4.84. The van der Waals surface area contributed by atoms with Crippen LogP contribution in [0.3, 0.4) is 0 Å². The molecule has 1 saturated carbocycles. The zero-order chi connectivity index (χ0) is 14.1. The molecule has 1 aromatic carbocycles. The molecule has 1 amide bonds. The molecule has 20 heavy (non-hydrogen) atoms. The van der Waals surface area contributed by atoms with Gasteiger partial charge in [-0.25, -0.2) is 0 Å². The van der Waals surface area contributed by atoms with Crippen LogP contribution in [-0.2, 0) is 4.79 Å². The Kier molecular flexibility index (Phi) is 3.10. The van der Waals surface area contributed by atoms with Crippen molar-refractivity contribution >= 4 is 11.6 Å². The molecule has 5 heteroatoms. The van der Waals surface area contributed by atoms with Crippen LogP contribution in [-0.4, -0.2) is 18.1 Å². The summed E-state index contributed by atoms with van der Waals surface area (Å²) in [4.78, 5) is 12.1. The van der Waals surface area contributed by atoms with Crippen molar-refractivity contribution in [1.29, 1.82) is 0 Å². The number of phenolic OH excluding ortho intramolecular Hbond substituents is 1. The second kappa shape index (κ2) is 4.92. The molecule has 2 aromatic rings. The maximum absolute atomic E-state index is 12.1. The van der Waals surface area contributed by atoms with E-state index in [1.54, 1.807) is 18.4 Å². The number of nitrogens with one attached hydrogen (secondary N) is 1. The highest BCUT2D eigenvalue weighted by Crippen LogP contribution is 2.48. The molecule has 3 rings (SSSR count). The van der Waals surface area contributed by atoms with Crippen LogP contribution >= 0.6 is 0 Å². The first-order valence-electron chi connectivity index (χ1n) is 6.40. The number of aromatic hydroxyl groups is 1. The number of furan rings is 1. The lowest BCUT2D eigenvalue weighted by Crippen LogP contribution is -2.14. The van der Waals surface area contributed by atoms with E-state index in [-0.39, 0.29) is 23.5 Å². The molecule has 0 radical (unpaired) electrons. The van der Waals surface area contributed by atoms with Crippen LogP contribution in [0.1, 0.15) is 18.1 Å². The molecule has 0 unspecified atom stereocenters. The number of anilines is 1. The molecule has 1 heterocycles. The Morgan fingerprint density at radius 1 is 1.45 bits per heavy atom. The zero-order valence-corrected chi connectivity index (χ0v) is 11.0. The summed E-state index contributed by atoms with van der Waals surface area (Å²) in [5.41, 5.74) is 0.361. The Morgan fingerprint density at radius 2 is 2.30 bits per heavy atom. The van der Waals surface area contributed by atoms with Crippen molar-refractivity contribution in [1.82, 2.24) is 0 Å². The maximum Gasteiger partial charge on any atom is 0.228 e. The molecule has 5 nitrogen and oxygen atoms in total. The minimum Gasteiger partial charge on any atom is -0.506 e. The lowest BCUT2D eigenvalue weighted by molar-refractivity contribution is -0.117. The van der Waals surface area contributed by atoms with Gasteiger partial charge in [-0.2, -0.15) is 0 Å². The fourth-order valence-electron chi connectivity index (χ4n) is 2.27. The number of hydrogen-bond acceptors (Lipinski definition) is 4. The van der Waals surface area contributed by atoms with Crippen molar-refractivity contribution in [3.8, 4) is 11.5 Å². The smallest absolute Gasteiger partial charge is 0.228 e. The van der Waals surface area contributed by atoms with Gasteiger partial charge in [-0.05, 0) is 30.7 Å². The molecule has 0 spiro atoms. The quantitative estimate of drug-likeness (QED) is 0.840. The lowest BCUT2D eigenvalue weighted by Gasteiger charge is -2.08. The summed E-state index contributed by atoms with van der Waals surface area (Å²) in [6.45, 7) is 0. The Bertz CT molecular complexity index is 621. The summed E-state index contributed by atoms with van der Waals surface area (Å²) in [6.07, 6.45) is 2.38. The van der Waals surface area contributed by atoms with Gasteiger partial charge in [0.2, 0.25) is 5.91 Å². The first kappa shape index (κ1) is 12.6. The standard InChI is InChI=1S/C15H15NO4/c1-19-9-4-5-13(17)12(7-9)16-15(18)11-8-10(11)14-3-2-6-20-14/h2-7,10-11,17H,8H2,1H3,(H,16,18)/t10-,11-/m1/s1. The number of ether oxygens (including phenoxy) is 1. The average Bonchev–Trinajstić information content (AvgIpc) is 3.07. The van der Waals surface area contributed by atoms with E-state index < -0.39 is 0 Å². The van der Waals surface area contributed by atoms with Gasteiger partial charge >= 0.3 is 0 Å². The SMILES string of the molecule is COc1ccc(O)c(NC(=O)[C@@H]2C[C@H]2c2ccco2)c1. The maximum atomic E-state index is 12.1. The largest absolute Gasteiger partial charge is 0.506 e. The van der Waals surface area contributed by atoms with Crippen molar-refractivity contribution < 1.29 is 19.1 Å². The fraction of sp³-hybridized carbons (Fsp3) is 0.267. The third-order valence-electron chi connectivity index (χ3n) is 3.50. The summed E-state index contributed by atoms with van der Waals surface area (Å²) in [6, 6.07) is 8.41. The average molecular weight is 273 g/mol. The van der Waals surface area contributed by atoms with Crippen LogP contribution < -0.4 is 10.1 Å². The van der Waals surface area contributed by atoms with Crippen molar-refractivity contribution in [2.75, 3.05) is 12.4 Å². The van der Waals surface area contributed by atoms with Crippen LogP contribution in [0.5, 0.6) is 11.5 Å². The van der Waals surface area contributed by atoms with E-state index in [9.17, 15) is 9.90 Å². The number of methoxy groups -OCH3 is 1. The Labute approximate surface area is 116 Å². The zero-order valence-electron chi connectivity index (χ0n) is 11.0. The van der Waals surface area contributed by atoms with E-state index >= 15 is 0 Å². The van der Waals surface area contributed by atoms with Crippen LogP contribution in [0.15, 0.2) is 41.0 Å². The van der Waals surface area contributed by atoms with Gasteiger partial charge in [-0.15, -0.1) is 0 Å². The summed E-state index contributed by atoms with van der Waals surface area (Å²) < 4.78 is 10.4. The van der Waals surface area contributed by atoms with Gasteiger partial charge in [0.1, 0.15) is 17.3 Å². The van der Waals surface area contributed by atoms with Crippen LogP contribution in [0, 0.1) is 5.92 Å². The first-order valence-corrected chi connectivity index (χ1v) is 6.40. The van der Waals surface area contributed by atoms with E-state index in [0.29, 0.717) is 11.4 Å². The third-order valence-corrected chi connectivity index (χ3v) is 3.50. The van der Waals surface area contributed by atoms with Gasteiger partial charge in [0, 0.05) is 17.9 Å². The summed E-state index contributed by atoms with van der Waals surface area (Å²) >= 11 is 0. The van der Waals surface area contributed by atoms with Gasteiger partial charge in [-0.1, -0.05) is 0 Å². The van der Waals surface area contributed by atoms with Crippen LogP contribution in [0.2, 0.25) is 0 Å². The molecule has 104 valence electrons. The molecule has 2 atom stereocenters. The molecule has 2 N–H and O–H groups in total. The first-order chi connectivity index (χ1) is 9.69. The lowest BCUT2D eigenvalue weighted by atomic mass is 10.2. The van der Waals surface area contributed by atoms with E-state index in [2.05, 4.69) is 5.32 Å². The number of rotatable bonds is 4. The molecule has 1 aliphatic carbocycles. The molecule has 1 fully saturated rings. The predicted octanol–water partition coefficient (Wildman–Crippen LogP) is 2.74. The van der Waals surface area contributed by atoms with Gasteiger partial charge in [0.15, 0.2) is 0 Å². The van der Waals surface area contributed by atoms with Gasteiger partial charge in [0.25, 0.3) is 0 Å². The van der Waals surface area contributed by atoms with Crippen LogP contribution in [0.4, 0.5) is 5.69 Å². The fourth-order valence-corrected chi connectivity index (χ4v) is 2.27.